The summed E-state index contributed by atoms with van der Waals surface area (Å²) in [7, 11) is 3.19. The van der Waals surface area contributed by atoms with E-state index in [1.165, 1.54) is 0 Å². The van der Waals surface area contributed by atoms with Crippen LogP contribution in [0.5, 0.6) is 5.75 Å². The van der Waals surface area contributed by atoms with Gasteiger partial charge in [-0.15, -0.1) is 11.8 Å². The van der Waals surface area contributed by atoms with Crippen LogP contribution in [0.3, 0.4) is 0 Å². The molecule has 7 heteroatoms. The first-order chi connectivity index (χ1) is 13.9. The molecule has 0 aromatic heterocycles. The SMILES string of the molecule is CNC(=O)[C@@H](C)N(Cc1ccc(OC)cc1)C(=O)CCCSc1ccc(Cl)cc1. The normalized spacial score (nSPS) is 11.6. The quantitative estimate of drug-likeness (QED) is 0.445. The van der Waals surface area contributed by atoms with Crippen molar-refractivity contribution in [1.29, 1.82) is 0 Å². The number of thioether (sulfide) groups is 1. The van der Waals surface area contributed by atoms with Crippen LogP contribution in [-0.2, 0) is 16.1 Å². The van der Waals surface area contributed by atoms with Gasteiger partial charge in [0.05, 0.1) is 7.11 Å². The predicted octanol–water partition coefficient (Wildman–Crippen LogP) is 4.38. The minimum absolute atomic E-state index is 0.0337. The largest absolute Gasteiger partial charge is 0.497 e. The first kappa shape index (κ1) is 23.1. The van der Waals surface area contributed by atoms with Crippen LogP contribution in [0, 0.1) is 0 Å². The summed E-state index contributed by atoms with van der Waals surface area (Å²) in [6.07, 6.45) is 1.11. The van der Waals surface area contributed by atoms with Crippen molar-refractivity contribution in [2.24, 2.45) is 0 Å². The molecule has 29 heavy (non-hydrogen) atoms. The molecule has 0 heterocycles. The van der Waals surface area contributed by atoms with Crippen LogP contribution < -0.4 is 10.1 Å². The molecule has 0 aliphatic heterocycles. The molecule has 0 fully saturated rings. The highest BCUT2D eigenvalue weighted by atomic mass is 35.5. The van der Waals surface area contributed by atoms with Crippen molar-refractivity contribution >= 4 is 35.2 Å². The minimum Gasteiger partial charge on any atom is -0.497 e. The lowest BCUT2D eigenvalue weighted by atomic mass is 10.1. The average molecular weight is 435 g/mol. The van der Waals surface area contributed by atoms with Crippen molar-refractivity contribution in [3.05, 3.63) is 59.1 Å². The van der Waals surface area contributed by atoms with Gasteiger partial charge in [0, 0.05) is 29.9 Å². The van der Waals surface area contributed by atoms with E-state index in [2.05, 4.69) is 5.32 Å². The van der Waals surface area contributed by atoms with E-state index in [1.54, 1.807) is 37.7 Å². The smallest absolute Gasteiger partial charge is 0.242 e. The monoisotopic (exact) mass is 434 g/mol. The lowest BCUT2D eigenvalue weighted by molar-refractivity contribution is -0.140. The molecule has 1 N–H and O–H groups in total. The van der Waals surface area contributed by atoms with E-state index < -0.39 is 6.04 Å². The van der Waals surface area contributed by atoms with Gasteiger partial charge in [0.1, 0.15) is 11.8 Å². The van der Waals surface area contributed by atoms with Crippen LogP contribution in [0.1, 0.15) is 25.3 Å². The molecule has 2 aromatic carbocycles. The Hall–Kier alpha value is -2.18. The van der Waals surface area contributed by atoms with Crippen molar-refractivity contribution in [3.8, 4) is 5.75 Å². The third kappa shape index (κ3) is 7.29. The highest BCUT2D eigenvalue weighted by Crippen LogP contribution is 2.22. The summed E-state index contributed by atoms with van der Waals surface area (Å²) in [6.45, 7) is 2.13. The maximum absolute atomic E-state index is 12.9. The molecule has 0 radical (unpaired) electrons. The Morgan fingerprint density at radius 2 is 1.79 bits per heavy atom. The predicted molar refractivity (Wildman–Crippen MR) is 118 cm³/mol. The number of likely N-dealkylation sites (N-methyl/N-ethyl adjacent to an activating group) is 1. The third-order valence-corrected chi connectivity index (χ3v) is 5.89. The van der Waals surface area contributed by atoms with E-state index in [-0.39, 0.29) is 11.8 Å². The molecule has 156 valence electrons. The number of methoxy groups -OCH3 is 1. The van der Waals surface area contributed by atoms with Gasteiger partial charge in [0.2, 0.25) is 11.8 Å². The highest BCUT2D eigenvalue weighted by Gasteiger charge is 2.25. The zero-order chi connectivity index (χ0) is 21.2. The number of ether oxygens (including phenoxy) is 1. The number of carbonyl (C=O) groups is 2. The number of nitrogens with one attached hydrogen (secondary N) is 1. The molecule has 5 nitrogen and oxygen atoms in total. The summed E-state index contributed by atoms with van der Waals surface area (Å²) in [4.78, 5) is 27.8. The molecular formula is C22H27ClN2O3S. The van der Waals surface area contributed by atoms with Crippen molar-refractivity contribution in [2.75, 3.05) is 19.9 Å². The fraction of sp³-hybridized carbons (Fsp3) is 0.364. The highest BCUT2D eigenvalue weighted by molar-refractivity contribution is 7.99. The summed E-state index contributed by atoms with van der Waals surface area (Å²) >= 11 is 7.59. The lowest BCUT2D eigenvalue weighted by Gasteiger charge is -2.28. The second kappa shape index (κ2) is 11.7. The van der Waals surface area contributed by atoms with E-state index in [4.69, 9.17) is 16.3 Å². The molecule has 0 spiro atoms. The number of benzene rings is 2. The minimum atomic E-state index is -0.543. The van der Waals surface area contributed by atoms with Gasteiger partial charge >= 0.3 is 0 Å². The van der Waals surface area contributed by atoms with Crippen LogP contribution in [0.15, 0.2) is 53.4 Å². The van der Waals surface area contributed by atoms with Gasteiger partial charge in [-0.1, -0.05) is 23.7 Å². The third-order valence-electron chi connectivity index (χ3n) is 4.54. The molecule has 0 unspecified atom stereocenters. The van der Waals surface area contributed by atoms with E-state index in [9.17, 15) is 9.59 Å². The van der Waals surface area contributed by atoms with Gasteiger partial charge in [-0.2, -0.15) is 0 Å². The Morgan fingerprint density at radius 3 is 2.38 bits per heavy atom. The summed E-state index contributed by atoms with van der Waals surface area (Å²) in [6, 6.07) is 14.6. The summed E-state index contributed by atoms with van der Waals surface area (Å²) in [5.74, 6) is 1.36. The average Bonchev–Trinajstić information content (AvgIpc) is 2.75. The first-order valence-corrected chi connectivity index (χ1v) is 10.8. The Bertz CT molecular complexity index is 797. The zero-order valence-electron chi connectivity index (χ0n) is 17.0. The molecule has 0 bridgehead atoms. The number of hydrogen-bond donors (Lipinski definition) is 1. The first-order valence-electron chi connectivity index (χ1n) is 9.47. The maximum atomic E-state index is 12.9. The van der Waals surface area contributed by atoms with Crippen LogP contribution in [0.2, 0.25) is 5.02 Å². The summed E-state index contributed by atoms with van der Waals surface area (Å²) in [5, 5.41) is 3.34. The van der Waals surface area contributed by atoms with Gasteiger partial charge in [0.15, 0.2) is 0 Å². The number of halogens is 1. The summed E-state index contributed by atoms with van der Waals surface area (Å²) in [5.41, 5.74) is 0.949. The molecule has 0 aliphatic carbocycles. The van der Waals surface area contributed by atoms with Crippen molar-refractivity contribution < 1.29 is 14.3 Å². The second-order valence-electron chi connectivity index (χ2n) is 6.57. The number of nitrogens with zero attached hydrogens (tertiary/aromatic N) is 1. The molecular weight excluding hydrogens is 408 g/mol. The van der Waals surface area contributed by atoms with Gasteiger partial charge in [-0.05, 0) is 61.1 Å². The standard InChI is InChI=1S/C22H27ClN2O3S/c1-16(22(27)24-2)25(15-17-6-10-19(28-3)11-7-17)21(26)5-4-14-29-20-12-8-18(23)9-13-20/h6-13,16H,4-5,14-15H2,1-3H3,(H,24,27)/t16-/m1/s1. The topological polar surface area (TPSA) is 58.6 Å². The molecule has 0 aliphatic rings. The molecule has 2 amide bonds. The van der Waals surface area contributed by atoms with Gasteiger partial charge < -0.3 is 15.0 Å². The molecule has 1 atom stereocenters. The molecule has 0 saturated heterocycles. The lowest BCUT2D eigenvalue weighted by Crippen LogP contribution is -2.46. The zero-order valence-corrected chi connectivity index (χ0v) is 18.6. The number of rotatable bonds is 10. The number of hydrogen-bond acceptors (Lipinski definition) is 4. The van der Waals surface area contributed by atoms with E-state index in [0.717, 1.165) is 28.4 Å². The molecule has 2 rings (SSSR count). The second-order valence-corrected chi connectivity index (χ2v) is 8.17. The molecule has 0 saturated carbocycles. The Morgan fingerprint density at radius 1 is 1.14 bits per heavy atom. The van der Waals surface area contributed by atoms with Gasteiger partial charge in [-0.3, -0.25) is 9.59 Å². The Kier molecular flexibility index (Phi) is 9.35. The van der Waals surface area contributed by atoms with Crippen LogP contribution in [0.25, 0.3) is 0 Å². The van der Waals surface area contributed by atoms with Crippen molar-refractivity contribution in [1.82, 2.24) is 10.2 Å². The summed E-state index contributed by atoms with van der Waals surface area (Å²) < 4.78 is 5.18. The van der Waals surface area contributed by atoms with E-state index in [1.807, 2.05) is 48.5 Å². The Labute approximate surface area is 181 Å². The van der Waals surface area contributed by atoms with Gasteiger partial charge in [-0.25, -0.2) is 0 Å². The van der Waals surface area contributed by atoms with Crippen LogP contribution in [0.4, 0.5) is 0 Å². The van der Waals surface area contributed by atoms with Crippen LogP contribution >= 0.6 is 23.4 Å². The maximum Gasteiger partial charge on any atom is 0.242 e. The van der Waals surface area contributed by atoms with Gasteiger partial charge in [0.25, 0.3) is 0 Å². The van der Waals surface area contributed by atoms with Crippen molar-refractivity contribution in [2.45, 2.75) is 37.2 Å². The Balaban J connectivity index is 1.95. The number of carbonyl (C=O) groups excluding carboxylic acids is 2. The number of amides is 2. The van der Waals surface area contributed by atoms with Crippen LogP contribution in [-0.4, -0.2) is 42.7 Å². The fourth-order valence-corrected chi connectivity index (χ4v) is 3.79. The van der Waals surface area contributed by atoms with E-state index in [0.29, 0.717) is 18.0 Å². The van der Waals surface area contributed by atoms with E-state index >= 15 is 0 Å². The van der Waals surface area contributed by atoms with Crippen molar-refractivity contribution in [3.63, 3.8) is 0 Å². The molecule has 2 aromatic rings. The fourth-order valence-electron chi connectivity index (χ4n) is 2.81.